The van der Waals surface area contributed by atoms with Crippen molar-refractivity contribution in [1.29, 1.82) is 0 Å². The second-order valence-corrected chi connectivity index (χ2v) is 4.38. The summed E-state index contributed by atoms with van der Waals surface area (Å²) in [5.41, 5.74) is 3.28. The monoisotopic (exact) mass is 269 g/mol. The van der Waals surface area contributed by atoms with Crippen LogP contribution in [0.1, 0.15) is 18.4 Å². The number of carbonyl (C=O) groups is 1. The molecule has 0 aromatic heterocycles. The molecular formula is C16H15NO3. The molecule has 4 heteroatoms. The van der Waals surface area contributed by atoms with Gasteiger partial charge in [-0.05, 0) is 16.7 Å². The van der Waals surface area contributed by atoms with Gasteiger partial charge >= 0.3 is 5.97 Å². The second-order valence-electron chi connectivity index (χ2n) is 4.38. The minimum absolute atomic E-state index is 0.0557. The number of rotatable bonds is 5. The molecule has 0 saturated heterocycles. The molecule has 0 bridgehead atoms. The van der Waals surface area contributed by atoms with E-state index in [-0.39, 0.29) is 12.8 Å². The van der Waals surface area contributed by atoms with Crippen LogP contribution in [0.2, 0.25) is 0 Å². The van der Waals surface area contributed by atoms with Crippen molar-refractivity contribution >= 4 is 11.7 Å². The van der Waals surface area contributed by atoms with Crippen LogP contribution in [0.25, 0.3) is 11.1 Å². The first-order valence-corrected chi connectivity index (χ1v) is 6.29. The van der Waals surface area contributed by atoms with Crippen molar-refractivity contribution in [2.75, 3.05) is 0 Å². The summed E-state index contributed by atoms with van der Waals surface area (Å²) in [4.78, 5) is 10.6. The Bertz CT molecular complexity index is 603. The van der Waals surface area contributed by atoms with Crippen LogP contribution in [0.15, 0.2) is 59.8 Å². The lowest BCUT2D eigenvalue weighted by atomic mass is 10.0. The summed E-state index contributed by atoms with van der Waals surface area (Å²) >= 11 is 0. The lowest BCUT2D eigenvalue weighted by Gasteiger charge is -2.05. The molecule has 0 unspecified atom stereocenters. The van der Waals surface area contributed by atoms with Crippen molar-refractivity contribution in [3.05, 3.63) is 60.2 Å². The predicted octanol–water partition coefficient (Wildman–Crippen LogP) is 3.40. The zero-order valence-electron chi connectivity index (χ0n) is 10.9. The minimum Gasteiger partial charge on any atom is -0.481 e. The fourth-order valence-electron chi connectivity index (χ4n) is 1.96. The standard InChI is InChI=1S/C16H15NO3/c18-16(19)11-10-15(17-20)14-8-6-13(7-9-14)12-4-2-1-3-5-12/h1-9,20H,10-11H2,(H,18,19)/b17-15+. The van der Waals surface area contributed by atoms with E-state index in [0.29, 0.717) is 5.71 Å². The zero-order valence-corrected chi connectivity index (χ0v) is 10.9. The molecule has 0 fully saturated rings. The van der Waals surface area contributed by atoms with Gasteiger partial charge in [-0.25, -0.2) is 0 Å². The lowest BCUT2D eigenvalue weighted by Crippen LogP contribution is -2.05. The molecular weight excluding hydrogens is 254 g/mol. The van der Waals surface area contributed by atoms with Gasteiger partial charge in [-0.3, -0.25) is 4.79 Å². The third-order valence-corrected chi connectivity index (χ3v) is 3.02. The maximum absolute atomic E-state index is 10.6. The van der Waals surface area contributed by atoms with Crippen LogP contribution in [-0.4, -0.2) is 22.0 Å². The Balaban J connectivity index is 2.17. The highest BCUT2D eigenvalue weighted by molar-refractivity contribution is 6.01. The number of carboxylic acids is 1. The van der Waals surface area contributed by atoms with Crippen molar-refractivity contribution in [3.8, 4) is 11.1 Å². The molecule has 0 aliphatic heterocycles. The maximum Gasteiger partial charge on any atom is 0.303 e. The van der Waals surface area contributed by atoms with Gasteiger partial charge in [0.15, 0.2) is 0 Å². The van der Waals surface area contributed by atoms with Crippen molar-refractivity contribution < 1.29 is 15.1 Å². The molecule has 2 aromatic rings. The quantitative estimate of drug-likeness (QED) is 0.496. The van der Waals surface area contributed by atoms with Crippen LogP contribution in [-0.2, 0) is 4.79 Å². The van der Waals surface area contributed by atoms with Crippen molar-refractivity contribution in [1.82, 2.24) is 0 Å². The van der Waals surface area contributed by atoms with E-state index >= 15 is 0 Å². The summed E-state index contributed by atoms with van der Waals surface area (Å²) in [5, 5.41) is 20.8. The summed E-state index contributed by atoms with van der Waals surface area (Å²) in [7, 11) is 0. The second kappa shape index (κ2) is 6.52. The number of oxime groups is 1. The van der Waals surface area contributed by atoms with Gasteiger partial charge in [0.05, 0.1) is 12.1 Å². The topological polar surface area (TPSA) is 69.9 Å². The van der Waals surface area contributed by atoms with Crippen LogP contribution in [0.5, 0.6) is 0 Å². The zero-order chi connectivity index (χ0) is 14.4. The van der Waals surface area contributed by atoms with Gasteiger partial charge in [0, 0.05) is 6.42 Å². The molecule has 4 nitrogen and oxygen atoms in total. The lowest BCUT2D eigenvalue weighted by molar-refractivity contribution is -0.136. The molecule has 0 amide bonds. The van der Waals surface area contributed by atoms with Gasteiger partial charge in [-0.15, -0.1) is 0 Å². The Morgan fingerprint density at radius 3 is 2.05 bits per heavy atom. The molecule has 102 valence electrons. The first kappa shape index (κ1) is 13.8. The van der Waals surface area contributed by atoms with Crippen LogP contribution in [0.3, 0.4) is 0 Å². The fourth-order valence-corrected chi connectivity index (χ4v) is 1.96. The molecule has 0 atom stereocenters. The Hall–Kier alpha value is -2.62. The van der Waals surface area contributed by atoms with E-state index in [9.17, 15) is 4.79 Å². The first-order chi connectivity index (χ1) is 9.70. The summed E-state index contributed by atoms with van der Waals surface area (Å²) in [6.07, 6.45) is 0.149. The SMILES string of the molecule is O=C(O)CC/C(=N\O)c1ccc(-c2ccccc2)cc1. The highest BCUT2D eigenvalue weighted by Crippen LogP contribution is 2.20. The van der Waals surface area contributed by atoms with Gasteiger partial charge in [0.1, 0.15) is 0 Å². The summed E-state index contributed by atoms with van der Waals surface area (Å²) in [6, 6.07) is 17.4. The van der Waals surface area contributed by atoms with E-state index in [1.807, 2.05) is 54.6 Å². The van der Waals surface area contributed by atoms with Gasteiger partial charge in [0.25, 0.3) is 0 Å². The van der Waals surface area contributed by atoms with E-state index in [4.69, 9.17) is 10.3 Å². The van der Waals surface area contributed by atoms with Crippen molar-refractivity contribution in [3.63, 3.8) is 0 Å². The molecule has 2 N–H and O–H groups in total. The summed E-state index contributed by atoms with van der Waals surface area (Å²) < 4.78 is 0. The molecule has 0 radical (unpaired) electrons. The number of hydrogen-bond acceptors (Lipinski definition) is 3. The largest absolute Gasteiger partial charge is 0.481 e. The third-order valence-electron chi connectivity index (χ3n) is 3.02. The molecule has 0 aliphatic rings. The Morgan fingerprint density at radius 1 is 0.900 bits per heavy atom. The van der Waals surface area contributed by atoms with Gasteiger partial charge < -0.3 is 10.3 Å². The Kier molecular flexibility index (Phi) is 4.50. The van der Waals surface area contributed by atoms with Crippen LogP contribution < -0.4 is 0 Å². The Labute approximate surface area is 117 Å². The average molecular weight is 269 g/mol. The molecule has 0 heterocycles. The van der Waals surface area contributed by atoms with Gasteiger partial charge in [0.2, 0.25) is 0 Å². The molecule has 2 aromatic carbocycles. The third kappa shape index (κ3) is 3.45. The van der Waals surface area contributed by atoms with E-state index in [2.05, 4.69) is 5.16 Å². The van der Waals surface area contributed by atoms with Gasteiger partial charge in [-0.1, -0.05) is 59.8 Å². The number of hydrogen-bond donors (Lipinski definition) is 2. The number of nitrogens with zero attached hydrogens (tertiary/aromatic N) is 1. The summed E-state index contributed by atoms with van der Waals surface area (Å²) in [5.74, 6) is -0.910. The van der Waals surface area contributed by atoms with E-state index in [1.165, 1.54) is 0 Å². The average Bonchev–Trinajstić information content (AvgIpc) is 2.49. The number of aliphatic carboxylic acids is 1. The van der Waals surface area contributed by atoms with Crippen LogP contribution >= 0.6 is 0 Å². The molecule has 20 heavy (non-hydrogen) atoms. The molecule has 0 saturated carbocycles. The predicted molar refractivity (Wildman–Crippen MR) is 77.1 cm³/mol. The highest BCUT2D eigenvalue weighted by atomic mass is 16.4. The summed E-state index contributed by atoms with van der Waals surface area (Å²) in [6.45, 7) is 0. The van der Waals surface area contributed by atoms with Crippen molar-refractivity contribution in [2.45, 2.75) is 12.8 Å². The number of benzene rings is 2. The van der Waals surface area contributed by atoms with Crippen LogP contribution in [0, 0.1) is 0 Å². The fraction of sp³-hybridized carbons (Fsp3) is 0.125. The van der Waals surface area contributed by atoms with E-state index in [1.54, 1.807) is 0 Å². The molecule has 2 rings (SSSR count). The first-order valence-electron chi connectivity index (χ1n) is 6.29. The number of carboxylic acid groups (broad SMARTS) is 1. The van der Waals surface area contributed by atoms with Gasteiger partial charge in [-0.2, -0.15) is 0 Å². The van der Waals surface area contributed by atoms with Crippen molar-refractivity contribution in [2.24, 2.45) is 5.16 Å². The minimum atomic E-state index is -0.910. The maximum atomic E-state index is 10.6. The van der Waals surface area contributed by atoms with E-state index < -0.39 is 5.97 Å². The normalized spacial score (nSPS) is 11.3. The van der Waals surface area contributed by atoms with Crippen LogP contribution in [0.4, 0.5) is 0 Å². The van der Waals surface area contributed by atoms with E-state index in [0.717, 1.165) is 16.7 Å². The highest BCUT2D eigenvalue weighted by Gasteiger charge is 2.07. The molecule has 0 aliphatic carbocycles. The molecule has 0 spiro atoms. The smallest absolute Gasteiger partial charge is 0.303 e. The Morgan fingerprint density at radius 2 is 1.50 bits per heavy atom.